The van der Waals surface area contributed by atoms with Gasteiger partial charge < -0.3 is 10.6 Å². The molecule has 5 nitrogen and oxygen atoms in total. The molecule has 0 spiro atoms. The monoisotopic (exact) mass is 257 g/mol. The summed E-state index contributed by atoms with van der Waals surface area (Å²) in [7, 11) is -1.93. The molecule has 1 aromatic carbocycles. The molecular weight excluding hydrogens is 238 g/mol. The highest BCUT2D eigenvalue weighted by molar-refractivity contribution is 7.89. The van der Waals surface area contributed by atoms with E-state index in [2.05, 4.69) is 22.3 Å². The lowest BCUT2D eigenvalue weighted by molar-refractivity contribution is 0.588. The Morgan fingerprint density at radius 2 is 1.76 bits per heavy atom. The van der Waals surface area contributed by atoms with E-state index in [4.69, 9.17) is 0 Å². The summed E-state index contributed by atoms with van der Waals surface area (Å²) in [4.78, 5) is 0.275. The van der Waals surface area contributed by atoms with Crippen molar-refractivity contribution in [3.05, 3.63) is 24.3 Å². The number of rotatable bonds is 7. The second-order valence-electron chi connectivity index (χ2n) is 3.51. The average molecular weight is 257 g/mol. The number of anilines is 1. The van der Waals surface area contributed by atoms with Crippen molar-refractivity contribution >= 4 is 15.7 Å². The van der Waals surface area contributed by atoms with Gasteiger partial charge in [0.2, 0.25) is 10.0 Å². The lowest BCUT2D eigenvalue weighted by Gasteiger charge is -2.07. The molecule has 6 heteroatoms. The molecule has 0 aliphatic rings. The fraction of sp³-hybridized carbons (Fsp3) is 0.455. The summed E-state index contributed by atoms with van der Waals surface area (Å²) in [6, 6.07) is 6.69. The van der Waals surface area contributed by atoms with Gasteiger partial charge in [-0.15, -0.1) is 0 Å². The molecule has 0 fully saturated rings. The second-order valence-corrected chi connectivity index (χ2v) is 5.40. The molecule has 3 N–H and O–H groups in total. The van der Waals surface area contributed by atoms with E-state index in [1.54, 1.807) is 24.3 Å². The second kappa shape index (κ2) is 6.58. The third-order valence-electron chi connectivity index (χ3n) is 2.31. The third-order valence-corrected chi connectivity index (χ3v) is 3.74. The lowest BCUT2D eigenvalue weighted by atomic mass is 10.3. The van der Waals surface area contributed by atoms with Crippen LogP contribution in [0.15, 0.2) is 29.2 Å². The molecule has 96 valence electrons. The van der Waals surface area contributed by atoms with Gasteiger partial charge in [-0.2, -0.15) is 0 Å². The van der Waals surface area contributed by atoms with Crippen LogP contribution >= 0.6 is 0 Å². The first kappa shape index (κ1) is 14.0. The third kappa shape index (κ3) is 4.33. The van der Waals surface area contributed by atoms with Gasteiger partial charge in [0.25, 0.3) is 0 Å². The molecular formula is C11H19N3O2S. The lowest BCUT2D eigenvalue weighted by Crippen LogP contribution is -2.21. The van der Waals surface area contributed by atoms with Gasteiger partial charge in [0.05, 0.1) is 4.90 Å². The van der Waals surface area contributed by atoms with Crippen molar-refractivity contribution < 1.29 is 8.42 Å². The Labute approximate surface area is 103 Å². The molecule has 1 aromatic rings. The van der Waals surface area contributed by atoms with Gasteiger partial charge in [-0.1, -0.05) is 6.92 Å². The van der Waals surface area contributed by atoms with Crippen LogP contribution in [0.25, 0.3) is 0 Å². The SMILES string of the molecule is CCNCCNc1ccc(S(=O)(=O)NC)cc1. The summed E-state index contributed by atoms with van der Waals surface area (Å²) in [5.41, 5.74) is 0.915. The zero-order valence-corrected chi connectivity index (χ0v) is 11.0. The Balaban J connectivity index is 2.57. The Kier molecular flexibility index (Phi) is 5.40. The Morgan fingerprint density at radius 3 is 2.29 bits per heavy atom. The number of hydrogen-bond donors (Lipinski definition) is 3. The molecule has 0 aliphatic carbocycles. The number of hydrogen-bond acceptors (Lipinski definition) is 4. The van der Waals surface area contributed by atoms with Gasteiger partial charge in [0.15, 0.2) is 0 Å². The summed E-state index contributed by atoms with van der Waals surface area (Å²) >= 11 is 0. The van der Waals surface area contributed by atoms with Gasteiger partial charge in [0, 0.05) is 18.8 Å². The molecule has 0 aliphatic heterocycles. The average Bonchev–Trinajstić information content (AvgIpc) is 2.35. The van der Waals surface area contributed by atoms with Gasteiger partial charge in [-0.05, 0) is 37.9 Å². The first-order valence-electron chi connectivity index (χ1n) is 5.58. The molecule has 0 aromatic heterocycles. The Bertz CT molecular complexity index is 429. The highest BCUT2D eigenvalue weighted by Gasteiger charge is 2.09. The predicted molar refractivity (Wildman–Crippen MR) is 69.7 cm³/mol. The zero-order chi connectivity index (χ0) is 12.7. The van der Waals surface area contributed by atoms with Crippen LogP contribution in [0, 0.1) is 0 Å². The standard InChI is InChI=1S/C11H19N3O2S/c1-3-13-8-9-14-10-4-6-11(7-5-10)17(15,16)12-2/h4-7,12-14H,3,8-9H2,1-2H3. The Morgan fingerprint density at radius 1 is 1.12 bits per heavy atom. The van der Waals surface area contributed by atoms with Crippen molar-refractivity contribution in [1.29, 1.82) is 0 Å². The summed E-state index contributed by atoms with van der Waals surface area (Å²) in [5, 5.41) is 6.39. The van der Waals surface area contributed by atoms with E-state index in [0.29, 0.717) is 0 Å². The van der Waals surface area contributed by atoms with Crippen LogP contribution in [-0.2, 0) is 10.0 Å². The minimum atomic E-state index is -3.33. The number of likely N-dealkylation sites (N-methyl/N-ethyl adjacent to an activating group) is 1. The van der Waals surface area contributed by atoms with Crippen LogP contribution < -0.4 is 15.4 Å². The molecule has 0 amide bonds. The van der Waals surface area contributed by atoms with E-state index < -0.39 is 10.0 Å². The minimum absolute atomic E-state index is 0.275. The van der Waals surface area contributed by atoms with E-state index in [9.17, 15) is 8.42 Å². The predicted octanol–water partition coefficient (Wildman–Crippen LogP) is 0.616. The molecule has 0 heterocycles. The van der Waals surface area contributed by atoms with Crippen molar-refractivity contribution in [3.63, 3.8) is 0 Å². The van der Waals surface area contributed by atoms with Crippen molar-refractivity contribution in [2.75, 3.05) is 32.0 Å². The van der Waals surface area contributed by atoms with Crippen molar-refractivity contribution in [2.24, 2.45) is 0 Å². The Hall–Kier alpha value is -1.11. The van der Waals surface area contributed by atoms with Gasteiger partial charge >= 0.3 is 0 Å². The first-order chi connectivity index (χ1) is 8.10. The summed E-state index contributed by atoms with van der Waals surface area (Å²) < 4.78 is 25.2. The molecule has 0 atom stereocenters. The van der Waals surface area contributed by atoms with Crippen LogP contribution in [0.1, 0.15) is 6.92 Å². The zero-order valence-electron chi connectivity index (χ0n) is 10.2. The van der Waals surface area contributed by atoms with E-state index >= 15 is 0 Å². The first-order valence-corrected chi connectivity index (χ1v) is 7.06. The smallest absolute Gasteiger partial charge is 0.240 e. The van der Waals surface area contributed by atoms with Crippen LogP contribution in [0.3, 0.4) is 0 Å². The van der Waals surface area contributed by atoms with Crippen molar-refractivity contribution in [3.8, 4) is 0 Å². The summed E-state index contributed by atoms with van der Waals surface area (Å²) in [6.07, 6.45) is 0. The number of benzene rings is 1. The van der Waals surface area contributed by atoms with Gasteiger partial charge in [-0.25, -0.2) is 13.1 Å². The van der Waals surface area contributed by atoms with E-state index in [0.717, 1.165) is 25.3 Å². The maximum absolute atomic E-state index is 11.5. The summed E-state index contributed by atoms with van der Waals surface area (Å²) in [6.45, 7) is 4.69. The largest absolute Gasteiger partial charge is 0.384 e. The fourth-order valence-electron chi connectivity index (χ4n) is 1.34. The van der Waals surface area contributed by atoms with Crippen molar-refractivity contribution in [2.45, 2.75) is 11.8 Å². The van der Waals surface area contributed by atoms with E-state index in [1.807, 2.05) is 0 Å². The van der Waals surface area contributed by atoms with Crippen LogP contribution in [0.4, 0.5) is 5.69 Å². The molecule has 1 rings (SSSR count). The van der Waals surface area contributed by atoms with Gasteiger partial charge in [0.1, 0.15) is 0 Å². The molecule has 17 heavy (non-hydrogen) atoms. The maximum atomic E-state index is 11.5. The van der Waals surface area contributed by atoms with Crippen LogP contribution in [0.2, 0.25) is 0 Å². The van der Waals surface area contributed by atoms with Gasteiger partial charge in [-0.3, -0.25) is 0 Å². The minimum Gasteiger partial charge on any atom is -0.384 e. The fourth-order valence-corrected chi connectivity index (χ4v) is 2.07. The highest BCUT2D eigenvalue weighted by Crippen LogP contribution is 2.13. The topological polar surface area (TPSA) is 70.2 Å². The van der Waals surface area contributed by atoms with E-state index in [-0.39, 0.29) is 4.90 Å². The number of sulfonamides is 1. The van der Waals surface area contributed by atoms with E-state index in [1.165, 1.54) is 7.05 Å². The molecule has 0 saturated heterocycles. The normalized spacial score (nSPS) is 11.4. The molecule has 0 radical (unpaired) electrons. The molecule has 0 unspecified atom stereocenters. The number of nitrogens with one attached hydrogen (secondary N) is 3. The van der Waals surface area contributed by atoms with Crippen LogP contribution in [-0.4, -0.2) is 35.1 Å². The van der Waals surface area contributed by atoms with Crippen LogP contribution in [0.5, 0.6) is 0 Å². The molecule has 0 saturated carbocycles. The maximum Gasteiger partial charge on any atom is 0.240 e. The molecule has 0 bridgehead atoms. The highest BCUT2D eigenvalue weighted by atomic mass is 32.2. The van der Waals surface area contributed by atoms with Crippen molar-refractivity contribution in [1.82, 2.24) is 10.0 Å². The summed E-state index contributed by atoms with van der Waals surface area (Å²) in [5.74, 6) is 0. The quantitative estimate of drug-likeness (QED) is 0.626.